The van der Waals surface area contributed by atoms with Gasteiger partial charge in [0.15, 0.2) is 11.6 Å². The highest BCUT2D eigenvalue weighted by Crippen LogP contribution is 2.33. The average Bonchev–Trinajstić information content (AvgIpc) is 2.45. The van der Waals surface area contributed by atoms with Crippen LogP contribution in [0.3, 0.4) is 0 Å². The van der Waals surface area contributed by atoms with Crippen molar-refractivity contribution in [3.05, 3.63) is 29.6 Å². The Balaban J connectivity index is 0.00000200. The second-order valence-electron chi connectivity index (χ2n) is 4.85. The number of piperazine rings is 1. The second kappa shape index (κ2) is 8.42. The summed E-state index contributed by atoms with van der Waals surface area (Å²) in [6.45, 7) is 3.63. The van der Waals surface area contributed by atoms with Gasteiger partial charge in [0.2, 0.25) is 0 Å². The van der Waals surface area contributed by atoms with E-state index in [-0.39, 0.29) is 30.8 Å². The van der Waals surface area contributed by atoms with Crippen LogP contribution in [0.25, 0.3) is 0 Å². The Morgan fingerprint density at radius 2 is 2.00 bits per heavy atom. The minimum absolute atomic E-state index is 0. The van der Waals surface area contributed by atoms with E-state index in [1.54, 1.807) is 12.1 Å². The van der Waals surface area contributed by atoms with Gasteiger partial charge < -0.3 is 15.5 Å². The maximum absolute atomic E-state index is 13.5. The fraction of sp³-hybridized carbons (Fsp3) is 0.571. The van der Waals surface area contributed by atoms with Gasteiger partial charge in [-0.05, 0) is 18.9 Å². The number of rotatable bonds is 5. The third-order valence-electron chi connectivity index (χ3n) is 3.61. The summed E-state index contributed by atoms with van der Waals surface area (Å²) >= 11 is 0. The lowest BCUT2D eigenvalue weighted by atomic mass is 9.98. The lowest BCUT2D eigenvalue weighted by Gasteiger charge is -2.35. The number of aliphatic hydroxyl groups excluding tert-OH is 1. The molecule has 1 aromatic carbocycles. The fourth-order valence-electron chi connectivity index (χ4n) is 2.61. The SMILES string of the molecule is Cl.OCCC[C@H](c1cccc(F)c1O)N1CCNCC1. The summed E-state index contributed by atoms with van der Waals surface area (Å²) in [7, 11) is 0. The number of halogens is 2. The van der Waals surface area contributed by atoms with Crippen molar-refractivity contribution in [3.8, 4) is 5.75 Å². The molecule has 1 heterocycles. The molecule has 2 rings (SSSR count). The van der Waals surface area contributed by atoms with Gasteiger partial charge in [0, 0.05) is 44.4 Å². The van der Waals surface area contributed by atoms with E-state index in [2.05, 4.69) is 10.2 Å². The highest BCUT2D eigenvalue weighted by Gasteiger charge is 2.25. The van der Waals surface area contributed by atoms with E-state index in [1.165, 1.54) is 6.07 Å². The molecule has 3 N–H and O–H groups in total. The number of para-hydroxylation sites is 1. The zero-order valence-corrected chi connectivity index (χ0v) is 12.2. The van der Waals surface area contributed by atoms with Crippen LogP contribution < -0.4 is 5.32 Å². The fourth-order valence-corrected chi connectivity index (χ4v) is 2.61. The Labute approximate surface area is 125 Å². The molecule has 20 heavy (non-hydrogen) atoms. The van der Waals surface area contributed by atoms with Gasteiger partial charge >= 0.3 is 0 Å². The number of aliphatic hydroxyl groups is 1. The number of hydrogen-bond donors (Lipinski definition) is 3. The van der Waals surface area contributed by atoms with Crippen LogP contribution in [0.5, 0.6) is 5.75 Å². The van der Waals surface area contributed by atoms with Gasteiger partial charge in [-0.3, -0.25) is 4.90 Å². The normalized spacial score (nSPS) is 17.5. The van der Waals surface area contributed by atoms with Gasteiger partial charge in [0.1, 0.15) is 0 Å². The quantitative estimate of drug-likeness (QED) is 0.774. The van der Waals surface area contributed by atoms with E-state index in [0.717, 1.165) is 26.2 Å². The molecule has 0 spiro atoms. The summed E-state index contributed by atoms with van der Waals surface area (Å²) in [5, 5.41) is 22.2. The smallest absolute Gasteiger partial charge is 0.165 e. The summed E-state index contributed by atoms with van der Waals surface area (Å²) in [6.07, 6.45) is 1.36. The van der Waals surface area contributed by atoms with E-state index in [1.807, 2.05) is 0 Å². The van der Waals surface area contributed by atoms with E-state index >= 15 is 0 Å². The van der Waals surface area contributed by atoms with Crippen molar-refractivity contribution in [1.82, 2.24) is 10.2 Å². The largest absolute Gasteiger partial charge is 0.505 e. The van der Waals surface area contributed by atoms with Crippen molar-refractivity contribution in [2.45, 2.75) is 18.9 Å². The molecule has 0 unspecified atom stereocenters. The third-order valence-corrected chi connectivity index (χ3v) is 3.61. The molecule has 1 fully saturated rings. The maximum atomic E-state index is 13.5. The van der Waals surface area contributed by atoms with E-state index in [0.29, 0.717) is 18.4 Å². The molecule has 0 radical (unpaired) electrons. The minimum Gasteiger partial charge on any atom is -0.505 e. The predicted molar refractivity (Wildman–Crippen MR) is 78.8 cm³/mol. The minimum atomic E-state index is -0.582. The lowest BCUT2D eigenvalue weighted by Crippen LogP contribution is -2.45. The monoisotopic (exact) mass is 304 g/mol. The lowest BCUT2D eigenvalue weighted by molar-refractivity contribution is 0.152. The first-order valence-corrected chi connectivity index (χ1v) is 6.77. The van der Waals surface area contributed by atoms with Gasteiger partial charge in [-0.1, -0.05) is 12.1 Å². The summed E-state index contributed by atoms with van der Waals surface area (Å²) in [5.74, 6) is -0.842. The van der Waals surface area contributed by atoms with Gasteiger partial charge in [0.05, 0.1) is 0 Å². The van der Waals surface area contributed by atoms with E-state index in [9.17, 15) is 9.50 Å². The van der Waals surface area contributed by atoms with Crippen molar-refractivity contribution < 1.29 is 14.6 Å². The molecule has 1 aromatic rings. The molecule has 114 valence electrons. The molecule has 1 saturated heterocycles. The van der Waals surface area contributed by atoms with Crippen molar-refractivity contribution in [2.75, 3.05) is 32.8 Å². The first-order chi connectivity index (χ1) is 9.24. The Bertz CT molecular complexity index is 414. The highest BCUT2D eigenvalue weighted by atomic mass is 35.5. The van der Waals surface area contributed by atoms with Crippen molar-refractivity contribution in [2.24, 2.45) is 0 Å². The molecule has 1 atom stereocenters. The standard InChI is InChI=1S/C14H21FN2O2.ClH/c15-12-4-1-3-11(14(12)19)13(5-2-10-18)17-8-6-16-7-9-17;/h1,3-4,13,16,18-19H,2,5-10H2;1H/t13-;/m1./s1. The second-order valence-corrected chi connectivity index (χ2v) is 4.85. The summed E-state index contributed by atoms with van der Waals surface area (Å²) in [6, 6.07) is 4.62. The molecule has 0 bridgehead atoms. The Morgan fingerprint density at radius 3 is 2.65 bits per heavy atom. The van der Waals surface area contributed by atoms with Crippen LogP contribution in [-0.2, 0) is 0 Å². The number of hydrogen-bond acceptors (Lipinski definition) is 4. The van der Waals surface area contributed by atoms with Crippen LogP contribution >= 0.6 is 12.4 Å². The van der Waals surface area contributed by atoms with Gasteiger partial charge in [-0.25, -0.2) is 4.39 Å². The first kappa shape index (κ1) is 17.2. The summed E-state index contributed by atoms with van der Waals surface area (Å²) in [5.41, 5.74) is 0.621. The molecule has 0 aliphatic carbocycles. The highest BCUT2D eigenvalue weighted by molar-refractivity contribution is 5.85. The molecule has 1 aliphatic rings. The molecule has 6 heteroatoms. The molecule has 0 amide bonds. The number of aromatic hydroxyl groups is 1. The zero-order valence-electron chi connectivity index (χ0n) is 11.4. The van der Waals surface area contributed by atoms with E-state index < -0.39 is 5.82 Å². The predicted octanol–water partition coefficient (Wildman–Crippen LogP) is 1.67. The topological polar surface area (TPSA) is 55.7 Å². The van der Waals surface area contributed by atoms with Crippen molar-refractivity contribution in [3.63, 3.8) is 0 Å². The van der Waals surface area contributed by atoms with Crippen LogP contribution in [0.4, 0.5) is 4.39 Å². The molecular weight excluding hydrogens is 283 g/mol. The van der Waals surface area contributed by atoms with Crippen molar-refractivity contribution >= 4 is 12.4 Å². The first-order valence-electron chi connectivity index (χ1n) is 6.77. The van der Waals surface area contributed by atoms with Gasteiger partial charge in [-0.2, -0.15) is 0 Å². The van der Waals surface area contributed by atoms with Gasteiger partial charge in [0.25, 0.3) is 0 Å². The number of nitrogens with one attached hydrogen (secondary N) is 1. The van der Waals surface area contributed by atoms with Crippen LogP contribution in [-0.4, -0.2) is 47.9 Å². The Hall–Kier alpha value is -0.880. The van der Waals surface area contributed by atoms with Crippen LogP contribution in [0.2, 0.25) is 0 Å². The summed E-state index contributed by atoms with van der Waals surface area (Å²) in [4.78, 5) is 2.24. The maximum Gasteiger partial charge on any atom is 0.165 e. The summed E-state index contributed by atoms with van der Waals surface area (Å²) < 4.78 is 13.5. The number of benzene rings is 1. The molecule has 0 saturated carbocycles. The van der Waals surface area contributed by atoms with Crippen LogP contribution in [0.15, 0.2) is 18.2 Å². The van der Waals surface area contributed by atoms with Crippen LogP contribution in [0, 0.1) is 5.82 Å². The Kier molecular flexibility index (Phi) is 7.23. The average molecular weight is 305 g/mol. The number of phenols is 1. The van der Waals surface area contributed by atoms with E-state index in [4.69, 9.17) is 5.11 Å². The third kappa shape index (κ3) is 4.06. The zero-order chi connectivity index (χ0) is 13.7. The number of phenolic OH excluding ortho intramolecular Hbond substituents is 1. The Morgan fingerprint density at radius 1 is 1.30 bits per heavy atom. The van der Waals surface area contributed by atoms with Crippen LogP contribution in [0.1, 0.15) is 24.4 Å². The molecule has 4 nitrogen and oxygen atoms in total. The van der Waals surface area contributed by atoms with Gasteiger partial charge in [-0.15, -0.1) is 12.4 Å². The number of nitrogens with zero attached hydrogens (tertiary/aromatic N) is 1. The van der Waals surface area contributed by atoms with Crippen molar-refractivity contribution in [1.29, 1.82) is 0 Å². The molecule has 1 aliphatic heterocycles. The molecular formula is C14H22ClFN2O2. The molecule has 0 aromatic heterocycles.